The summed E-state index contributed by atoms with van der Waals surface area (Å²) in [5, 5.41) is 3.34. The molecule has 4 heteroatoms. The summed E-state index contributed by atoms with van der Waals surface area (Å²) in [4.78, 5) is 4.33. The summed E-state index contributed by atoms with van der Waals surface area (Å²) in [6, 6.07) is 4.01. The van der Waals surface area contributed by atoms with E-state index in [1.54, 1.807) is 7.11 Å². The average Bonchev–Trinajstić information content (AvgIpc) is 2.35. The number of hydrogen-bond acceptors (Lipinski definition) is 3. The molecule has 3 nitrogen and oxygen atoms in total. The summed E-state index contributed by atoms with van der Waals surface area (Å²) in [7, 11) is 1.71. The highest BCUT2D eigenvalue weighted by atomic mass is 79.9. The second kappa shape index (κ2) is 8.39. The van der Waals surface area contributed by atoms with Crippen LogP contribution < -0.4 is 5.32 Å². The lowest BCUT2D eigenvalue weighted by atomic mass is 10.1. The van der Waals surface area contributed by atoms with Gasteiger partial charge >= 0.3 is 0 Å². The van der Waals surface area contributed by atoms with Gasteiger partial charge in [-0.2, -0.15) is 0 Å². The van der Waals surface area contributed by atoms with Crippen LogP contribution in [0.1, 0.15) is 19.0 Å². The Morgan fingerprint density at radius 2 is 2.35 bits per heavy atom. The van der Waals surface area contributed by atoms with E-state index in [1.165, 1.54) is 5.57 Å². The third-order valence-corrected chi connectivity index (χ3v) is 2.86. The first-order valence-electron chi connectivity index (χ1n) is 5.77. The number of aromatic nitrogens is 1. The summed E-state index contributed by atoms with van der Waals surface area (Å²) >= 11 is 3.38. The van der Waals surface area contributed by atoms with Gasteiger partial charge in [0.25, 0.3) is 0 Å². The van der Waals surface area contributed by atoms with Crippen molar-refractivity contribution in [1.82, 2.24) is 10.3 Å². The second-order valence-electron chi connectivity index (χ2n) is 3.73. The summed E-state index contributed by atoms with van der Waals surface area (Å²) in [5.41, 5.74) is 2.34. The normalized spacial score (nSPS) is 11.8. The minimum absolute atomic E-state index is 0.744. The first-order chi connectivity index (χ1) is 8.26. The van der Waals surface area contributed by atoms with E-state index in [1.807, 2.05) is 18.3 Å². The molecule has 0 bridgehead atoms. The smallest absolute Gasteiger partial charge is 0.0630 e. The van der Waals surface area contributed by atoms with Gasteiger partial charge in [-0.25, -0.2) is 0 Å². The third-order valence-electron chi connectivity index (χ3n) is 2.39. The number of nitrogens with one attached hydrogen (secondary N) is 1. The van der Waals surface area contributed by atoms with E-state index in [0.29, 0.717) is 0 Å². The van der Waals surface area contributed by atoms with Gasteiger partial charge in [0.05, 0.1) is 12.3 Å². The van der Waals surface area contributed by atoms with Crippen LogP contribution in [0, 0.1) is 0 Å². The molecule has 0 saturated heterocycles. The lowest BCUT2D eigenvalue weighted by Crippen LogP contribution is -2.21. The van der Waals surface area contributed by atoms with Crippen molar-refractivity contribution in [2.24, 2.45) is 0 Å². The van der Waals surface area contributed by atoms with Crippen molar-refractivity contribution in [3.63, 3.8) is 0 Å². The fourth-order valence-corrected chi connectivity index (χ4v) is 1.62. The van der Waals surface area contributed by atoms with Crippen molar-refractivity contribution in [2.75, 3.05) is 26.8 Å². The van der Waals surface area contributed by atoms with Crippen LogP contribution in [0.2, 0.25) is 0 Å². The van der Waals surface area contributed by atoms with E-state index < -0.39 is 0 Å². The summed E-state index contributed by atoms with van der Waals surface area (Å²) in [6.45, 7) is 4.66. The van der Waals surface area contributed by atoms with E-state index >= 15 is 0 Å². The predicted octanol–water partition coefficient (Wildman–Crippen LogP) is 2.87. The van der Waals surface area contributed by atoms with Crippen LogP contribution in [0.25, 0.3) is 6.08 Å². The Bertz CT molecular complexity index is 349. The van der Waals surface area contributed by atoms with Crippen LogP contribution in [0.15, 0.2) is 28.4 Å². The van der Waals surface area contributed by atoms with Gasteiger partial charge in [0, 0.05) is 30.9 Å². The molecule has 0 aliphatic rings. The number of halogens is 1. The molecule has 0 atom stereocenters. The lowest BCUT2D eigenvalue weighted by Gasteiger charge is -2.06. The van der Waals surface area contributed by atoms with Crippen LogP contribution in [-0.4, -0.2) is 31.8 Å². The Morgan fingerprint density at radius 3 is 2.94 bits per heavy atom. The lowest BCUT2D eigenvalue weighted by molar-refractivity contribution is 0.200. The molecule has 1 N–H and O–H groups in total. The van der Waals surface area contributed by atoms with Crippen molar-refractivity contribution >= 4 is 22.0 Å². The molecular formula is C13H19BrN2O. The molecule has 1 aromatic heterocycles. The van der Waals surface area contributed by atoms with Gasteiger partial charge in [-0.05, 0) is 40.6 Å². The molecule has 1 rings (SSSR count). The Labute approximate surface area is 111 Å². The van der Waals surface area contributed by atoms with E-state index in [9.17, 15) is 0 Å². The SMILES string of the molecule is CC/C(=C/c1ccc(Br)cn1)CNCCOC. The van der Waals surface area contributed by atoms with Crippen LogP contribution in [0.5, 0.6) is 0 Å². The van der Waals surface area contributed by atoms with Gasteiger partial charge in [-0.1, -0.05) is 12.5 Å². The fraction of sp³-hybridized carbons (Fsp3) is 0.462. The van der Waals surface area contributed by atoms with Crippen molar-refractivity contribution in [2.45, 2.75) is 13.3 Å². The number of pyridine rings is 1. The summed E-state index contributed by atoms with van der Waals surface area (Å²) in [5.74, 6) is 0. The zero-order valence-electron chi connectivity index (χ0n) is 10.4. The monoisotopic (exact) mass is 298 g/mol. The Morgan fingerprint density at radius 1 is 1.53 bits per heavy atom. The molecule has 94 valence electrons. The van der Waals surface area contributed by atoms with Gasteiger partial charge in [-0.15, -0.1) is 0 Å². The standard InChI is InChI=1S/C13H19BrN2O/c1-3-11(9-15-6-7-17-2)8-13-5-4-12(14)10-16-13/h4-5,8,10,15H,3,6-7,9H2,1-2H3/b11-8-. The second-order valence-corrected chi connectivity index (χ2v) is 4.64. The van der Waals surface area contributed by atoms with Crippen LogP contribution in [0.3, 0.4) is 0 Å². The fourth-order valence-electron chi connectivity index (χ4n) is 1.38. The minimum Gasteiger partial charge on any atom is -0.383 e. The quantitative estimate of drug-likeness (QED) is 0.786. The molecule has 0 saturated carbocycles. The first-order valence-corrected chi connectivity index (χ1v) is 6.56. The van der Waals surface area contributed by atoms with E-state index in [-0.39, 0.29) is 0 Å². The molecule has 1 heterocycles. The van der Waals surface area contributed by atoms with Crippen LogP contribution >= 0.6 is 15.9 Å². The highest BCUT2D eigenvalue weighted by molar-refractivity contribution is 9.10. The summed E-state index contributed by atoms with van der Waals surface area (Å²) < 4.78 is 5.99. The molecule has 0 amide bonds. The van der Waals surface area contributed by atoms with Gasteiger partial charge in [0.1, 0.15) is 0 Å². The zero-order chi connectivity index (χ0) is 12.5. The molecule has 1 aromatic rings. The number of hydrogen-bond donors (Lipinski definition) is 1. The van der Waals surface area contributed by atoms with E-state index in [4.69, 9.17) is 4.74 Å². The Kier molecular flexibility index (Phi) is 7.08. The molecule has 0 fully saturated rings. The topological polar surface area (TPSA) is 34.2 Å². The highest BCUT2D eigenvalue weighted by Crippen LogP contribution is 2.11. The van der Waals surface area contributed by atoms with Gasteiger partial charge in [0.2, 0.25) is 0 Å². The van der Waals surface area contributed by atoms with Crippen molar-refractivity contribution in [3.05, 3.63) is 34.1 Å². The maximum absolute atomic E-state index is 4.99. The van der Waals surface area contributed by atoms with Gasteiger partial charge in [-0.3, -0.25) is 4.98 Å². The molecule has 17 heavy (non-hydrogen) atoms. The van der Waals surface area contributed by atoms with E-state index in [2.05, 4.69) is 39.2 Å². The first kappa shape index (κ1) is 14.4. The number of rotatable bonds is 7. The molecule has 0 aliphatic heterocycles. The van der Waals surface area contributed by atoms with Crippen molar-refractivity contribution in [3.8, 4) is 0 Å². The van der Waals surface area contributed by atoms with Gasteiger partial charge in [0.15, 0.2) is 0 Å². The maximum atomic E-state index is 4.99. The maximum Gasteiger partial charge on any atom is 0.0630 e. The molecular weight excluding hydrogens is 280 g/mol. The molecule has 0 aromatic carbocycles. The van der Waals surface area contributed by atoms with Gasteiger partial charge < -0.3 is 10.1 Å². The zero-order valence-corrected chi connectivity index (χ0v) is 12.0. The molecule has 0 spiro atoms. The number of methoxy groups -OCH3 is 1. The number of nitrogens with zero attached hydrogens (tertiary/aromatic N) is 1. The van der Waals surface area contributed by atoms with Crippen LogP contribution in [0.4, 0.5) is 0 Å². The average molecular weight is 299 g/mol. The van der Waals surface area contributed by atoms with Crippen molar-refractivity contribution in [1.29, 1.82) is 0 Å². The third kappa shape index (κ3) is 5.96. The van der Waals surface area contributed by atoms with Crippen molar-refractivity contribution < 1.29 is 4.74 Å². The molecule has 0 radical (unpaired) electrons. The minimum atomic E-state index is 0.744. The highest BCUT2D eigenvalue weighted by Gasteiger charge is 1.96. The number of ether oxygens (including phenoxy) is 1. The Hall–Kier alpha value is -0.710. The largest absolute Gasteiger partial charge is 0.383 e. The summed E-state index contributed by atoms with van der Waals surface area (Å²) in [6.07, 6.45) is 4.97. The Balaban J connectivity index is 2.51. The molecule has 0 unspecified atom stereocenters. The molecule has 0 aliphatic carbocycles. The van der Waals surface area contributed by atoms with Crippen LogP contribution in [-0.2, 0) is 4.74 Å². The predicted molar refractivity (Wildman–Crippen MR) is 75.0 cm³/mol. The van der Waals surface area contributed by atoms with E-state index in [0.717, 1.165) is 36.3 Å².